The van der Waals surface area contributed by atoms with Crippen molar-refractivity contribution in [2.45, 2.75) is 38.5 Å². The Morgan fingerprint density at radius 2 is 2.07 bits per heavy atom. The van der Waals surface area contributed by atoms with Crippen molar-refractivity contribution in [3.05, 3.63) is 0 Å². The molecule has 90 valence electrons. The van der Waals surface area contributed by atoms with E-state index in [1.54, 1.807) is 0 Å². The molecule has 0 saturated carbocycles. The van der Waals surface area contributed by atoms with Crippen LogP contribution in [-0.4, -0.2) is 37.0 Å². The summed E-state index contributed by atoms with van der Waals surface area (Å²) in [6, 6.07) is -0.271. The Balaban J connectivity index is 0.00000196. The normalized spacial score (nSPS) is 25.6. The molecule has 5 nitrogen and oxygen atoms in total. The van der Waals surface area contributed by atoms with Crippen molar-refractivity contribution < 1.29 is 14.3 Å². The SMILES string of the molecule is CC(C)(C)OC(=O)N[C@@H]1COC[C@H]1N.Cl. The van der Waals surface area contributed by atoms with E-state index in [2.05, 4.69) is 5.32 Å². The van der Waals surface area contributed by atoms with Crippen LogP contribution >= 0.6 is 12.4 Å². The number of carbonyl (C=O) groups excluding carboxylic acids is 1. The molecule has 1 heterocycles. The Labute approximate surface area is 96.1 Å². The Kier molecular flexibility index (Phi) is 5.34. The molecule has 1 aliphatic rings. The Hall–Kier alpha value is -0.520. The number of ether oxygens (including phenoxy) is 2. The highest BCUT2D eigenvalue weighted by Gasteiger charge is 2.28. The van der Waals surface area contributed by atoms with Crippen LogP contribution in [0.1, 0.15) is 20.8 Å². The molecule has 3 N–H and O–H groups in total. The third-order valence-corrected chi connectivity index (χ3v) is 1.83. The van der Waals surface area contributed by atoms with Gasteiger partial charge in [0, 0.05) is 0 Å². The zero-order valence-electron chi connectivity index (χ0n) is 9.28. The predicted octanol–water partition coefficient (Wildman–Crippen LogP) is 0.659. The third-order valence-electron chi connectivity index (χ3n) is 1.83. The zero-order chi connectivity index (χ0) is 10.8. The Morgan fingerprint density at radius 1 is 1.47 bits per heavy atom. The molecule has 0 aromatic rings. The average Bonchev–Trinajstić information content (AvgIpc) is 2.32. The lowest BCUT2D eigenvalue weighted by Gasteiger charge is -2.22. The number of nitrogens with two attached hydrogens (primary N) is 1. The maximum absolute atomic E-state index is 11.3. The summed E-state index contributed by atoms with van der Waals surface area (Å²) < 4.78 is 10.2. The summed E-state index contributed by atoms with van der Waals surface area (Å²) in [6.45, 7) is 6.40. The van der Waals surface area contributed by atoms with Gasteiger partial charge < -0.3 is 20.5 Å². The quantitative estimate of drug-likeness (QED) is 0.704. The fraction of sp³-hybridized carbons (Fsp3) is 0.889. The zero-order valence-corrected chi connectivity index (χ0v) is 10.1. The van der Waals surface area contributed by atoms with Gasteiger partial charge in [0.15, 0.2) is 0 Å². The lowest BCUT2D eigenvalue weighted by molar-refractivity contribution is 0.0496. The van der Waals surface area contributed by atoms with E-state index in [4.69, 9.17) is 15.2 Å². The number of nitrogens with one attached hydrogen (secondary N) is 1. The molecular weight excluding hydrogens is 220 g/mol. The maximum atomic E-state index is 11.3. The fourth-order valence-electron chi connectivity index (χ4n) is 1.18. The summed E-state index contributed by atoms with van der Waals surface area (Å²) in [5, 5.41) is 2.67. The van der Waals surface area contributed by atoms with Gasteiger partial charge in [0.25, 0.3) is 0 Å². The molecule has 0 unspecified atom stereocenters. The first kappa shape index (κ1) is 14.5. The van der Waals surface area contributed by atoms with E-state index in [1.807, 2.05) is 20.8 Å². The number of halogens is 1. The molecule has 1 rings (SSSR count). The lowest BCUT2D eigenvalue weighted by Crippen LogP contribution is -2.48. The summed E-state index contributed by atoms with van der Waals surface area (Å²) in [5.41, 5.74) is 5.22. The van der Waals surface area contributed by atoms with E-state index in [0.29, 0.717) is 13.2 Å². The van der Waals surface area contributed by atoms with E-state index in [9.17, 15) is 4.79 Å². The van der Waals surface area contributed by atoms with Crippen LogP contribution in [0.2, 0.25) is 0 Å². The van der Waals surface area contributed by atoms with Gasteiger partial charge in [-0.1, -0.05) is 0 Å². The van der Waals surface area contributed by atoms with Crippen molar-refractivity contribution in [2.24, 2.45) is 5.73 Å². The molecule has 0 aromatic heterocycles. The molecule has 15 heavy (non-hydrogen) atoms. The van der Waals surface area contributed by atoms with E-state index in [0.717, 1.165) is 0 Å². The first-order valence-electron chi connectivity index (χ1n) is 4.71. The van der Waals surface area contributed by atoms with Gasteiger partial charge in [0.2, 0.25) is 0 Å². The second kappa shape index (κ2) is 5.53. The van der Waals surface area contributed by atoms with E-state index in [1.165, 1.54) is 0 Å². The molecule has 0 aromatic carbocycles. The highest BCUT2D eigenvalue weighted by Crippen LogP contribution is 2.08. The van der Waals surface area contributed by atoms with Crippen LogP contribution in [-0.2, 0) is 9.47 Å². The molecule has 1 aliphatic heterocycles. The number of hydrogen-bond acceptors (Lipinski definition) is 4. The van der Waals surface area contributed by atoms with Crippen LogP contribution in [0.4, 0.5) is 4.79 Å². The summed E-state index contributed by atoms with van der Waals surface area (Å²) in [7, 11) is 0. The number of carbonyl (C=O) groups is 1. The maximum Gasteiger partial charge on any atom is 0.408 e. The van der Waals surface area contributed by atoms with Crippen LogP contribution in [0.3, 0.4) is 0 Å². The van der Waals surface area contributed by atoms with Crippen LogP contribution < -0.4 is 11.1 Å². The highest BCUT2D eigenvalue weighted by molar-refractivity contribution is 5.85. The second-order valence-corrected chi connectivity index (χ2v) is 4.45. The van der Waals surface area contributed by atoms with Gasteiger partial charge in [-0.2, -0.15) is 0 Å². The van der Waals surface area contributed by atoms with E-state index >= 15 is 0 Å². The predicted molar refractivity (Wildman–Crippen MR) is 59.2 cm³/mol. The van der Waals surface area contributed by atoms with Crippen molar-refractivity contribution in [2.75, 3.05) is 13.2 Å². The second-order valence-electron chi connectivity index (χ2n) is 4.45. The van der Waals surface area contributed by atoms with Crippen LogP contribution in [0.5, 0.6) is 0 Å². The minimum atomic E-state index is -0.479. The molecule has 1 saturated heterocycles. The monoisotopic (exact) mass is 238 g/mol. The topological polar surface area (TPSA) is 73.6 Å². The lowest BCUT2D eigenvalue weighted by atomic mass is 10.2. The van der Waals surface area contributed by atoms with Gasteiger partial charge in [-0.15, -0.1) is 12.4 Å². The van der Waals surface area contributed by atoms with Gasteiger partial charge in [0.1, 0.15) is 5.60 Å². The number of alkyl carbamates (subject to hydrolysis) is 1. The van der Waals surface area contributed by atoms with Gasteiger partial charge in [0.05, 0.1) is 25.3 Å². The fourth-order valence-corrected chi connectivity index (χ4v) is 1.18. The Morgan fingerprint density at radius 3 is 2.47 bits per heavy atom. The van der Waals surface area contributed by atoms with Crippen molar-refractivity contribution in [3.63, 3.8) is 0 Å². The average molecular weight is 239 g/mol. The molecule has 0 aliphatic carbocycles. The summed E-state index contributed by atoms with van der Waals surface area (Å²) >= 11 is 0. The van der Waals surface area contributed by atoms with Crippen LogP contribution in [0, 0.1) is 0 Å². The minimum absolute atomic E-state index is 0. The standard InChI is InChI=1S/C9H18N2O3.ClH/c1-9(2,3)14-8(12)11-7-5-13-4-6(7)10;/h6-7H,4-5,10H2,1-3H3,(H,11,12);1H/t6-,7-;/m1./s1. The van der Waals surface area contributed by atoms with Crippen molar-refractivity contribution in [1.29, 1.82) is 0 Å². The molecule has 6 heteroatoms. The van der Waals surface area contributed by atoms with Gasteiger partial charge in [-0.3, -0.25) is 0 Å². The van der Waals surface area contributed by atoms with Gasteiger partial charge in [-0.25, -0.2) is 4.79 Å². The van der Waals surface area contributed by atoms with Gasteiger partial charge in [-0.05, 0) is 20.8 Å². The van der Waals surface area contributed by atoms with Crippen LogP contribution in [0.15, 0.2) is 0 Å². The molecule has 1 amide bonds. The highest BCUT2D eigenvalue weighted by atomic mass is 35.5. The number of amides is 1. The largest absolute Gasteiger partial charge is 0.444 e. The Bertz CT molecular complexity index is 218. The first-order valence-corrected chi connectivity index (χ1v) is 4.71. The molecule has 2 atom stereocenters. The molecule has 0 spiro atoms. The van der Waals surface area contributed by atoms with Crippen molar-refractivity contribution in [3.8, 4) is 0 Å². The summed E-state index contributed by atoms with van der Waals surface area (Å²) in [5.74, 6) is 0. The van der Waals surface area contributed by atoms with E-state index in [-0.39, 0.29) is 24.5 Å². The van der Waals surface area contributed by atoms with E-state index < -0.39 is 11.7 Å². The molecule has 0 bridgehead atoms. The first-order chi connectivity index (χ1) is 6.38. The summed E-state index contributed by atoms with van der Waals surface area (Å²) in [4.78, 5) is 11.3. The minimum Gasteiger partial charge on any atom is -0.444 e. The molecule has 0 radical (unpaired) electrons. The van der Waals surface area contributed by atoms with Crippen molar-refractivity contribution in [1.82, 2.24) is 5.32 Å². The summed E-state index contributed by atoms with van der Waals surface area (Å²) in [6.07, 6.45) is -0.441. The molecular formula is C9H19ClN2O3. The van der Waals surface area contributed by atoms with Crippen LogP contribution in [0.25, 0.3) is 0 Å². The van der Waals surface area contributed by atoms with Gasteiger partial charge >= 0.3 is 6.09 Å². The van der Waals surface area contributed by atoms with Crippen molar-refractivity contribution >= 4 is 18.5 Å². The number of hydrogen-bond donors (Lipinski definition) is 2. The molecule has 1 fully saturated rings. The number of rotatable bonds is 1. The smallest absolute Gasteiger partial charge is 0.408 e. The third kappa shape index (κ3) is 5.20.